The van der Waals surface area contributed by atoms with Gasteiger partial charge in [0, 0.05) is 6.92 Å². The van der Waals surface area contributed by atoms with Crippen LogP contribution in [0.5, 0.6) is 0 Å². The van der Waals surface area contributed by atoms with E-state index in [0.29, 0.717) is 17.0 Å². The maximum absolute atomic E-state index is 11.9. The van der Waals surface area contributed by atoms with Gasteiger partial charge in [-0.15, -0.1) is 0 Å². The van der Waals surface area contributed by atoms with Gasteiger partial charge in [-0.1, -0.05) is 0 Å². The van der Waals surface area contributed by atoms with E-state index in [2.05, 4.69) is 19.8 Å². The molecule has 9 nitrogen and oxygen atoms in total. The minimum absolute atomic E-state index is 0.188. The van der Waals surface area contributed by atoms with Crippen molar-refractivity contribution in [3.8, 4) is 0 Å². The highest BCUT2D eigenvalue weighted by molar-refractivity contribution is 6.03. The normalized spacial score (nSPS) is 11.1. The molecule has 0 saturated carbocycles. The van der Waals surface area contributed by atoms with E-state index in [4.69, 9.17) is 9.15 Å². The van der Waals surface area contributed by atoms with Crippen molar-refractivity contribution < 1.29 is 33.0 Å². The number of nitrogens with one attached hydrogen (secondary N) is 1. The molecule has 0 unspecified atom stereocenters. The number of aryl methyl sites for hydroxylation is 1. The predicted molar refractivity (Wildman–Crippen MR) is 85.8 cm³/mol. The van der Waals surface area contributed by atoms with E-state index in [1.807, 2.05) is 0 Å². The van der Waals surface area contributed by atoms with E-state index in [9.17, 15) is 14.4 Å². The molecule has 1 aromatic heterocycles. The lowest BCUT2D eigenvalue weighted by Crippen LogP contribution is -2.16. The first kappa shape index (κ1) is 18.0. The highest BCUT2D eigenvalue weighted by Gasteiger charge is 2.19. The highest BCUT2D eigenvalue weighted by atomic mass is 16.5. The molecule has 0 atom stereocenters. The van der Waals surface area contributed by atoms with Crippen molar-refractivity contribution in [1.82, 2.24) is 4.98 Å². The van der Waals surface area contributed by atoms with Gasteiger partial charge in [0.05, 0.1) is 38.7 Å². The maximum Gasteiger partial charge on any atom is 0.354 e. The van der Waals surface area contributed by atoms with Crippen molar-refractivity contribution in [2.45, 2.75) is 6.92 Å². The fourth-order valence-corrected chi connectivity index (χ4v) is 2.05. The largest absolute Gasteiger partial charge is 0.466 e. The van der Waals surface area contributed by atoms with Crippen LogP contribution in [0.2, 0.25) is 0 Å². The zero-order valence-corrected chi connectivity index (χ0v) is 14.0. The third-order valence-electron chi connectivity index (χ3n) is 3.16. The number of oxazole rings is 1. The third kappa shape index (κ3) is 3.94. The van der Waals surface area contributed by atoms with Crippen molar-refractivity contribution in [3.05, 3.63) is 35.4 Å². The van der Waals surface area contributed by atoms with Crippen LogP contribution < -0.4 is 5.32 Å². The Morgan fingerprint density at radius 3 is 2.44 bits per heavy atom. The number of carbonyl (C=O) groups excluding carboxylic acids is 3. The molecule has 0 spiro atoms. The number of rotatable bonds is 5. The van der Waals surface area contributed by atoms with Crippen LogP contribution in [-0.4, -0.2) is 44.2 Å². The first-order valence-corrected chi connectivity index (χ1v) is 7.04. The fourth-order valence-electron chi connectivity index (χ4n) is 2.05. The Labute approximate surface area is 142 Å². The summed E-state index contributed by atoms with van der Waals surface area (Å²) >= 11 is 0. The Kier molecular flexibility index (Phi) is 5.38. The minimum Gasteiger partial charge on any atom is -0.466 e. The smallest absolute Gasteiger partial charge is 0.354 e. The van der Waals surface area contributed by atoms with Gasteiger partial charge in [0.2, 0.25) is 0 Å². The molecule has 1 heterocycles. The Morgan fingerprint density at radius 2 is 1.84 bits per heavy atom. The van der Waals surface area contributed by atoms with Crippen molar-refractivity contribution in [3.63, 3.8) is 0 Å². The van der Waals surface area contributed by atoms with Crippen molar-refractivity contribution >= 4 is 34.7 Å². The number of anilines is 1. The summed E-state index contributed by atoms with van der Waals surface area (Å²) in [5.41, 5.74) is 0.897. The summed E-state index contributed by atoms with van der Waals surface area (Å²) < 4.78 is 19.3. The van der Waals surface area contributed by atoms with Gasteiger partial charge in [0.15, 0.2) is 11.5 Å². The molecule has 132 valence electrons. The molecule has 0 bridgehead atoms. The van der Waals surface area contributed by atoms with Crippen LogP contribution >= 0.6 is 0 Å². The topological polar surface area (TPSA) is 117 Å². The van der Waals surface area contributed by atoms with Crippen molar-refractivity contribution in [2.75, 3.05) is 26.6 Å². The highest BCUT2D eigenvalue weighted by Crippen LogP contribution is 2.28. The number of methoxy groups -OCH3 is 3. The van der Waals surface area contributed by atoms with E-state index in [1.165, 1.54) is 26.4 Å². The lowest BCUT2D eigenvalue weighted by molar-refractivity contribution is -0.138. The van der Waals surface area contributed by atoms with Crippen LogP contribution in [0.25, 0.3) is 11.1 Å². The lowest BCUT2D eigenvalue weighted by atomic mass is 10.1. The van der Waals surface area contributed by atoms with E-state index in [1.54, 1.807) is 6.92 Å². The Bertz CT molecular complexity index is 867. The molecule has 0 amide bonds. The van der Waals surface area contributed by atoms with Gasteiger partial charge in [-0.3, -0.25) is 0 Å². The number of aromatic nitrogens is 1. The SMILES string of the molecule is COC(=O)/C=C(/Nc1cc(C(=O)OC)cc2nc(C)oc12)C(=O)OC. The van der Waals surface area contributed by atoms with Gasteiger partial charge in [-0.05, 0) is 12.1 Å². The first-order valence-electron chi connectivity index (χ1n) is 7.04. The summed E-state index contributed by atoms with van der Waals surface area (Å²) in [5, 5.41) is 2.71. The second kappa shape index (κ2) is 7.47. The summed E-state index contributed by atoms with van der Waals surface area (Å²) in [6.45, 7) is 1.63. The molecule has 0 radical (unpaired) electrons. The average Bonchev–Trinajstić information content (AvgIpc) is 2.99. The molecule has 2 rings (SSSR count). The number of benzene rings is 1. The van der Waals surface area contributed by atoms with Crippen LogP contribution in [0, 0.1) is 6.92 Å². The molecule has 9 heteroatoms. The number of nitrogens with zero attached hydrogens (tertiary/aromatic N) is 1. The average molecular weight is 348 g/mol. The summed E-state index contributed by atoms with van der Waals surface area (Å²) in [5.74, 6) is -1.81. The van der Waals surface area contributed by atoms with Crippen molar-refractivity contribution in [1.29, 1.82) is 0 Å². The molecule has 1 N–H and O–H groups in total. The standard InChI is InChI=1S/C16H16N2O7/c1-8-17-10-5-9(15(20)23-3)6-11(14(10)25-8)18-12(16(21)24-4)7-13(19)22-2/h5-7,18H,1-4H3/b12-7+. The second-order valence-electron chi connectivity index (χ2n) is 4.79. The molecule has 0 aliphatic rings. The van der Waals surface area contributed by atoms with Gasteiger partial charge in [0.25, 0.3) is 0 Å². The molecule has 0 aliphatic carbocycles. The predicted octanol–water partition coefficient (Wildman–Crippen LogP) is 1.56. The van der Waals surface area contributed by atoms with Gasteiger partial charge in [0.1, 0.15) is 11.2 Å². The summed E-state index contributed by atoms with van der Waals surface area (Å²) in [4.78, 5) is 39.3. The summed E-state index contributed by atoms with van der Waals surface area (Å²) in [7, 11) is 3.57. The zero-order chi connectivity index (χ0) is 18.6. The molecule has 25 heavy (non-hydrogen) atoms. The number of hydrogen-bond donors (Lipinski definition) is 1. The summed E-state index contributed by atoms with van der Waals surface area (Å²) in [6.07, 6.45) is 0.922. The van der Waals surface area contributed by atoms with E-state index < -0.39 is 17.9 Å². The van der Waals surface area contributed by atoms with Crippen LogP contribution in [-0.2, 0) is 23.8 Å². The molecule has 2 aromatic rings. The van der Waals surface area contributed by atoms with E-state index in [0.717, 1.165) is 13.2 Å². The molecule has 0 fully saturated rings. The van der Waals surface area contributed by atoms with Crippen molar-refractivity contribution in [2.24, 2.45) is 0 Å². The minimum atomic E-state index is -0.807. The number of ether oxygens (including phenoxy) is 3. The fraction of sp³-hybridized carbons (Fsp3) is 0.250. The second-order valence-corrected chi connectivity index (χ2v) is 4.79. The van der Waals surface area contributed by atoms with Gasteiger partial charge < -0.3 is 23.9 Å². The zero-order valence-electron chi connectivity index (χ0n) is 14.0. The molecular formula is C16H16N2O7. The number of fused-ring (bicyclic) bond motifs is 1. The van der Waals surface area contributed by atoms with E-state index >= 15 is 0 Å². The molecule has 0 saturated heterocycles. The van der Waals surface area contributed by atoms with Gasteiger partial charge in [-0.25, -0.2) is 19.4 Å². The van der Waals surface area contributed by atoms with Crippen LogP contribution in [0.3, 0.4) is 0 Å². The first-order chi connectivity index (χ1) is 11.9. The third-order valence-corrected chi connectivity index (χ3v) is 3.16. The number of hydrogen-bond acceptors (Lipinski definition) is 9. The van der Waals surface area contributed by atoms with Crippen LogP contribution in [0.15, 0.2) is 28.3 Å². The number of esters is 3. The number of carbonyl (C=O) groups is 3. The maximum atomic E-state index is 11.9. The van der Waals surface area contributed by atoms with Gasteiger partial charge >= 0.3 is 17.9 Å². The molecular weight excluding hydrogens is 332 g/mol. The Balaban J connectivity index is 2.57. The quantitative estimate of drug-likeness (QED) is 0.488. The summed E-state index contributed by atoms with van der Waals surface area (Å²) in [6, 6.07) is 2.90. The molecule has 0 aliphatic heterocycles. The molecule has 1 aromatic carbocycles. The van der Waals surface area contributed by atoms with E-state index in [-0.39, 0.29) is 16.9 Å². The van der Waals surface area contributed by atoms with Gasteiger partial charge in [-0.2, -0.15) is 0 Å². The van der Waals surface area contributed by atoms with Crippen LogP contribution in [0.1, 0.15) is 16.2 Å². The lowest BCUT2D eigenvalue weighted by Gasteiger charge is -2.10. The van der Waals surface area contributed by atoms with Crippen LogP contribution in [0.4, 0.5) is 5.69 Å². The Hall–Kier alpha value is -3.36. The Morgan fingerprint density at radius 1 is 1.12 bits per heavy atom. The monoisotopic (exact) mass is 348 g/mol.